The van der Waals surface area contributed by atoms with Crippen molar-refractivity contribution in [1.29, 1.82) is 0 Å². The molecule has 2 heterocycles. The van der Waals surface area contributed by atoms with Gasteiger partial charge in [0.25, 0.3) is 0 Å². The van der Waals surface area contributed by atoms with Gasteiger partial charge >= 0.3 is 0 Å². The predicted octanol–water partition coefficient (Wildman–Crippen LogP) is 3.84. The number of ether oxygens (including phenoxy) is 2. The number of hydrogen-bond donors (Lipinski definition) is 1. The molecule has 0 atom stereocenters. The SMILES string of the molecule is CN=C(NCc1ccc(Oc2cccnc2)c(F)c1)N(C)CCC1CCOCC1. The van der Waals surface area contributed by atoms with Crippen molar-refractivity contribution < 1.29 is 13.9 Å². The van der Waals surface area contributed by atoms with E-state index < -0.39 is 5.82 Å². The van der Waals surface area contributed by atoms with Crippen LogP contribution in [0.5, 0.6) is 11.5 Å². The van der Waals surface area contributed by atoms with Crippen LogP contribution in [0.3, 0.4) is 0 Å². The van der Waals surface area contributed by atoms with Gasteiger partial charge in [0.05, 0.1) is 6.20 Å². The summed E-state index contributed by atoms with van der Waals surface area (Å²) in [6.45, 7) is 3.15. The van der Waals surface area contributed by atoms with Gasteiger partial charge in [-0.05, 0) is 55.0 Å². The maximum atomic E-state index is 14.4. The Labute approximate surface area is 171 Å². The van der Waals surface area contributed by atoms with Gasteiger partial charge in [-0.2, -0.15) is 0 Å². The largest absolute Gasteiger partial charge is 0.453 e. The zero-order chi connectivity index (χ0) is 20.5. The first kappa shape index (κ1) is 21.0. The highest BCUT2D eigenvalue weighted by molar-refractivity contribution is 5.79. The van der Waals surface area contributed by atoms with E-state index in [9.17, 15) is 4.39 Å². The molecular weight excluding hydrogens is 371 g/mol. The van der Waals surface area contributed by atoms with E-state index in [0.717, 1.165) is 50.5 Å². The van der Waals surface area contributed by atoms with Crippen LogP contribution in [0.1, 0.15) is 24.8 Å². The summed E-state index contributed by atoms with van der Waals surface area (Å²) in [6.07, 6.45) is 6.58. The van der Waals surface area contributed by atoms with Crippen molar-refractivity contribution in [1.82, 2.24) is 15.2 Å². The molecule has 7 heteroatoms. The number of nitrogens with one attached hydrogen (secondary N) is 1. The number of benzene rings is 1. The number of guanidine groups is 1. The Morgan fingerprint density at radius 1 is 1.34 bits per heavy atom. The zero-order valence-electron chi connectivity index (χ0n) is 17.1. The van der Waals surface area contributed by atoms with Crippen LogP contribution in [0.25, 0.3) is 0 Å². The maximum Gasteiger partial charge on any atom is 0.193 e. The molecule has 0 radical (unpaired) electrons. The monoisotopic (exact) mass is 400 g/mol. The van der Waals surface area contributed by atoms with E-state index in [2.05, 4.69) is 20.2 Å². The van der Waals surface area contributed by atoms with Crippen molar-refractivity contribution in [3.05, 3.63) is 54.1 Å². The summed E-state index contributed by atoms with van der Waals surface area (Å²) in [5.74, 6) is 1.79. The molecule has 0 amide bonds. The highest BCUT2D eigenvalue weighted by Crippen LogP contribution is 2.24. The van der Waals surface area contributed by atoms with Gasteiger partial charge in [-0.25, -0.2) is 4.39 Å². The van der Waals surface area contributed by atoms with Crippen molar-refractivity contribution in [3.8, 4) is 11.5 Å². The number of aliphatic imine (C=N–C) groups is 1. The second-order valence-corrected chi connectivity index (χ2v) is 7.22. The minimum absolute atomic E-state index is 0.180. The van der Waals surface area contributed by atoms with E-state index in [4.69, 9.17) is 9.47 Å². The van der Waals surface area contributed by atoms with E-state index in [-0.39, 0.29) is 5.75 Å². The average molecular weight is 400 g/mol. The smallest absolute Gasteiger partial charge is 0.193 e. The van der Waals surface area contributed by atoms with Crippen molar-refractivity contribution >= 4 is 5.96 Å². The second-order valence-electron chi connectivity index (χ2n) is 7.22. The van der Waals surface area contributed by atoms with Crippen molar-refractivity contribution in [3.63, 3.8) is 0 Å². The lowest BCUT2D eigenvalue weighted by Gasteiger charge is -2.26. The molecule has 29 heavy (non-hydrogen) atoms. The highest BCUT2D eigenvalue weighted by Gasteiger charge is 2.15. The summed E-state index contributed by atoms with van der Waals surface area (Å²) < 4.78 is 25.4. The lowest BCUT2D eigenvalue weighted by molar-refractivity contribution is 0.0625. The van der Waals surface area contributed by atoms with Gasteiger partial charge < -0.3 is 19.7 Å². The number of nitrogens with zero attached hydrogens (tertiary/aromatic N) is 3. The molecule has 0 saturated carbocycles. The summed E-state index contributed by atoms with van der Waals surface area (Å²) in [5.41, 5.74) is 0.819. The van der Waals surface area contributed by atoms with Crippen LogP contribution in [-0.2, 0) is 11.3 Å². The molecular formula is C22H29FN4O2. The van der Waals surface area contributed by atoms with E-state index in [1.807, 2.05) is 13.1 Å². The number of aromatic nitrogens is 1. The standard InChI is InChI=1S/C22H29FN4O2/c1-24-22(27(2)11-7-17-8-12-28-13-9-17)26-15-18-5-6-21(20(23)14-18)29-19-4-3-10-25-16-19/h3-6,10,14,16-17H,7-9,11-13,15H2,1-2H3,(H,24,26). The molecule has 1 saturated heterocycles. The first-order valence-electron chi connectivity index (χ1n) is 10.0. The Morgan fingerprint density at radius 3 is 2.86 bits per heavy atom. The van der Waals surface area contributed by atoms with Gasteiger partial charge in [-0.1, -0.05) is 6.07 Å². The van der Waals surface area contributed by atoms with Crippen molar-refractivity contribution in [2.24, 2.45) is 10.9 Å². The Balaban J connectivity index is 1.50. The molecule has 1 aromatic carbocycles. The Hall–Kier alpha value is -2.67. The van der Waals surface area contributed by atoms with Gasteiger partial charge in [-0.3, -0.25) is 9.98 Å². The van der Waals surface area contributed by atoms with Gasteiger partial charge in [0, 0.05) is 46.6 Å². The Bertz CT molecular complexity index is 795. The molecule has 2 aromatic rings. The Kier molecular flexibility index (Phi) is 7.81. The second kappa shape index (κ2) is 10.8. The molecule has 3 rings (SSSR count). The van der Waals surface area contributed by atoms with Crippen LogP contribution in [0, 0.1) is 11.7 Å². The fourth-order valence-electron chi connectivity index (χ4n) is 3.35. The van der Waals surface area contributed by atoms with Gasteiger partial charge in [0.15, 0.2) is 17.5 Å². The van der Waals surface area contributed by atoms with E-state index in [0.29, 0.717) is 18.2 Å². The highest BCUT2D eigenvalue weighted by atomic mass is 19.1. The molecule has 1 N–H and O–H groups in total. The Morgan fingerprint density at radius 2 is 2.17 bits per heavy atom. The number of halogens is 1. The van der Waals surface area contributed by atoms with Crippen LogP contribution >= 0.6 is 0 Å². The summed E-state index contributed by atoms with van der Waals surface area (Å²) >= 11 is 0. The zero-order valence-corrected chi connectivity index (χ0v) is 17.1. The molecule has 0 spiro atoms. The number of pyridine rings is 1. The lowest BCUT2D eigenvalue weighted by Crippen LogP contribution is -2.39. The molecule has 0 aliphatic carbocycles. The van der Waals surface area contributed by atoms with E-state index in [1.165, 1.54) is 6.07 Å². The lowest BCUT2D eigenvalue weighted by atomic mass is 9.96. The minimum atomic E-state index is -0.406. The number of hydrogen-bond acceptors (Lipinski definition) is 4. The molecule has 1 aliphatic heterocycles. The minimum Gasteiger partial charge on any atom is -0.453 e. The maximum absolute atomic E-state index is 14.4. The fraction of sp³-hybridized carbons (Fsp3) is 0.455. The summed E-state index contributed by atoms with van der Waals surface area (Å²) in [7, 11) is 3.79. The van der Waals surface area contributed by atoms with Gasteiger partial charge in [-0.15, -0.1) is 0 Å². The van der Waals surface area contributed by atoms with Crippen LogP contribution < -0.4 is 10.1 Å². The molecule has 0 bridgehead atoms. The van der Waals surface area contributed by atoms with Crippen molar-refractivity contribution in [2.75, 3.05) is 33.9 Å². The van der Waals surface area contributed by atoms with Crippen LogP contribution in [0.2, 0.25) is 0 Å². The summed E-state index contributed by atoms with van der Waals surface area (Å²) in [6, 6.07) is 8.44. The fourth-order valence-corrected chi connectivity index (χ4v) is 3.35. The first-order valence-corrected chi connectivity index (χ1v) is 10.0. The molecule has 6 nitrogen and oxygen atoms in total. The summed E-state index contributed by atoms with van der Waals surface area (Å²) in [4.78, 5) is 10.4. The molecule has 1 aliphatic rings. The molecule has 1 aromatic heterocycles. The molecule has 156 valence electrons. The molecule has 1 fully saturated rings. The van der Waals surface area contributed by atoms with Gasteiger partial charge in [0.1, 0.15) is 5.75 Å². The van der Waals surface area contributed by atoms with E-state index in [1.54, 1.807) is 37.6 Å². The third-order valence-electron chi connectivity index (χ3n) is 5.10. The van der Waals surface area contributed by atoms with Gasteiger partial charge in [0.2, 0.25) is 0 Å². The molecule has 0 unspecified atom stereocenters. The third kappa shape index (κ3) is 6.42. The summed E-state index contributed by atoms with van der Waals surface area (Å²) in [5, 5.41) is 3.30. The van der Waals surface area contributed by atoms with Crippen LogP contribution in [-0.4, -0.2) is 49.7 Å². The van der Waals surface area contributed by atoms with Crippen molar-refractivity contribution in [2.45, 2.75) is 25.8 Å². The number of rotatable bonds is 7. The first-order chi connectivity index (χ1) is 14.2. The van der Waals surface area contributed by atoms with E-state index >= 15 is 0 Å². The topological polar surface area (TPSA) is 59.0 Å². The normalized spacial score (nSPS) is 15.2. The van der Waals surface area contributed by atoms with Crippen LogP contribution in [0.15, 0.2) is 47.7 Å². The average Bonchev–Trinajstić information content (AvgIpc) is 2.76. The van der Waals surface area contributed by atoms with Crippen LogP contribution in [0.4, 0.5) is 4.39 Å². The predicted molar refractivity (Wildman–Crippen MR) is 112 cm³/mol. The quantitative estimate of drug-likeness (QED) is 0.565. The third-order valence-corrected chi connectivity index (χ3v) is 5.10.